The molecule has 0 radical (unpaired) electrons. The maximum Gasteiger partial charge on any atom is 0.335 e. The van der Waals surface area contributed by atoms with Gasteiger partial charge < -0.3 is 14.6 Å². The molecule has 3 aromatic rings. The van der Waals surface area contributed by atoms with Crippen LogP contribution in [-0.2, 0) is 0 Å². The summed E-state index contributed by atoms with van der Waals surface area (Å²) in [6, 6.07) is 9.79. The van der Waals surface area contributed by atoms with E-state index < -0.39 is 5.97 Å². The van der Waals surface area contributed by atoms with Gasteiger partial charge in [0.25, 0.3) is 0 Å². The Labute approximate surface area is 108 Å². The highest BCUT2D eigenvalue weighted by atomic mass is 16.4. The van der Waals surface area contributed by atoms with Crippen LogP contribution in [-0.4, -0.2) is 25.6 Å². The smallest absolute Gasteiger partial charge is 0.335 e. The zero-order valence-corrected chi connectivity index (χ0v) is 9.82. The topological polar surface area (TPSA) is 74.8 Å². The van der Waals surface area contributed by atoms with Gasteiger partial charge in [-0.2, -0.15) is 0 Å². The van der Waals surface area contributed by atoms with Crippen molar-refractivity contribution in [2.45, 2.75) is 0 Å². The van der Waals surface area contributed by atoms with Gasteiger partial charge in [-0.1, -0.05) is 12.1 Å². The summed E-state index contributed by atoms with van der Waals surface area (Å²) >= 11 is 0. The molecule has 3 rings (SSSR count). The van der Waals surface area contributed by atoms with Gasteiger partial charge in [0, 0.05) is 11.8 Å². The third-order valence-corrected chi connectivity index (χ3v) is 2.86. The van der Waals surface area contributed by atoms with Crippen LogP contribution in [0.5, 0.6) is 5.75 Å². The first-order valence-corrected chi connectivity index (χ1v) is 5.65. The van der Waals surface area contributed by atoms with Crippen molar-refractivity contribution in [1.82, 2.24) is 9.38 Å². The largest absolute Gasteiger partial charge is 0.506 e. The van der Waals surface area contributed by atoms with Crippen LogP contribution in [0, 0.1) is 0 Å². The van der Waals surface area contributed by atoms with Gasteiger partial charge >= 0.3 is 5.97 Å². The van der Waals surface area contributed by atoms with Crippen molar-refractivity contribution in [1.29, 1.82) is 0 Å². The standard InChI is InChI=1S/C14H10N2O3/c17-11-5-6-13-15-12(8-16(13)7-11)9-1-3-10(4-2-9)14(18)19/h1-8,17H,(H,18,19). The number of carboxylic acids is 1. The minimum Gasteiger partial charge on any atom is -0.506 e. The Bertz CT molecular complexity index is 760. The lowest BCUT2D eigenvalue weighted by molar-refractivity contribution is 0.0697. The molecule has 5 nitrogen and oxygen atoms in total. The van der Waals surface area contributed by atoms with Crippen molar-refractivity contribution in [3.05, 3.63) is 54.4 Å². The molecule has 0 saturated heterocycles. The summed E-state index contributed by atoms with van der Waals surface area (Å²) in [5, 5.41) is 18.2. The molecule has 0 fully saturated rings. The van der Waals surface area contributed by atoms with Gasteiger partial charge in [0.15, 0.2) is 0 Å². The first-order valence-electron chi connectivity index (χ1n) is 5.65. The summed E-state index contributed by atoms with van der Waals surface area (Å²) in [6.45, 7) is 0. The molecule has 2 N–H and O–H groups in total. The van der Waals surface area contributed by atoms with Gasteiger partial charge in [-0.25, -0.2) is 9.78 Å². The summed E-state index contributed by atoms with van der Waals surface area (Å²) in [4.78, 5) is 15.2. The Balaban J connectivity index is 2.06. The number of aromatic carboxylic acids is 1. The van der Waals surface area contributed by atoms with E-state index in [0.717, 1.165) is 16.9 Å². The van der Waals surface area contributed by atoms with Gasteiger partial charge in [0.05, 0.1) is 17.5 Å². The number of hydrogen-bond acceptors (Lipinski definition) is 3. The van der Waals surface area contributed by atoms with E-state index in [1.165, 1.54) is 0 Å². The second-order valence-electron chi connectivity index (χ2n) is 4.16. The lowest BCUT2D eigenvalue weighted by Crippen LogP contribution is -1.94. The van der Waals surface area contributed by atoms with Crippen LogP contribution in [0.15, 0.2) is 48.8 Å². The molecule has 0 saturated carbocycles. The molecule has 94 valence electrons. The molecule has 1 aromatic carbocycles. The van der Waals surface area contributed by atoms with Gasteiger partial charge in [-0.15, -0.1) is 0 Å². The summed E-state index contributed by atoms with van der Waals surface area (Å²) in [5.41, 5.74) is 2.51. The molecular weight excluding hydrogens is 244 g/mol. The van der Waals surface area contributed by atoms with Crippen LogP contribution in [0.4, 0.5) is 0 Å². The zero-order valence-electron chi connectivity index (χ0n) is 9.82. The molecule has 0 aliphatic carbocycles. The summed E-state index contributed by atoms with van der Waals surface area (Å²) < 4.78 is 1.72. The second kappa shape index (κ2) is 4.13. The lowest BCUT2D eigenvalue weighted by atomic mass is 10.1. The fraction of sp³-hybridized carbons (Fsp3) is 0. The van der Waals surface area contributed by atoms with E-state index in [9.17, 15) is 9.90 Å². The molecule has 0 aliphatic rings. The van der Waals surface area contributed by atoms with Crippen LogP contribution >= 0.6 is 0 Å². The fourth-order valence-corrected chi connectivity index (χ4v) is 1.90. The average Bonchev–Trinajstić information content (AvgIpc) is 2.81. The minimum absolute atomic E-state index is 0.165. The third kappa shape index (κ3) is 2.01. The van der Waals surface area contributed by atoms with E-state index in [4.69, 9.17) is 5.11 Å². The van der Waals surface area contributed by atoms with E-state index in [1.54, 1.807) is 53.2 Å². The molecule has 5 heteroatoms. The monoisotopic (exact) mass is 254 g/mol. The molecule has 0 spiro atoms. The Morgan fingerprint density at radius 3 is 2.47 bits per heavy atom. The van der Waals surface area contributed by atoms with Crippen LogP contribution in [0.2, 0.25) is 0 Å². The third-order valence-electron chi connectivity index (χ3n) is 2.86. The Morgan fingerprint density at radius 2 is 1.79 bits per heavy atom. The number of imidazole rings is 1. The molecular formula is C14H10N2O3. The summed E-state index contributed by atoms with van der Waals surface area (Å²) in [7, 11) is 0. The van der Waals surface area contributed by atoms with Crippen LogP contribution in [0.3, 0.4) is 0 Å². The van der Waals surface area contributed by atoms with Crippen LogP contribution in [0.25, 0.3) is 16.9 Å². The summed E-state index contributed by atoms with van der Waals surface area (Å²) in [5.74, 6) is -0.788. The van der Waals surface area contributed by atoms with Crippen molar-refractivity contribution in [2.75, 3.05) is 0 Å². The van der Waals surface area contributed by atoms with Crippen LogP contribution in [0.1, 0.15) is 10.4 Å². The number of aromatic hydroxyl groups is 1. The van der Waals surface area contributed by atoms with Crippen molar-refractivity contribution in [3.63, 3.8) is 0 Å². The van der Waals surface area contributed by atoms with Gasteiger partial charge in [-0.05, 0) is 24.3 Å². The molecule has 0 unspecified atom stereocenters. The van der Waals surface area contributed by atoms with Gasteiger partial charge in [0.2, 0.25) is 0 Å². The molecule has 0 aliphatic heterocycles. The molecule has 0 atom stereocenters. The molecule has 2 aromatic heterocycles. The first-order chi connectivity index (χ1) is 9.13. The molecule has 0 amide bonds. The number of carboxylic acid groups (broad SMARTS) is 1. The predicted molar refractivity (Wildman–Crippen MR) is 69.3 cm³/mol. The highest BCUT2D eigenvalue weighted by Crippen LogP contribution is 2.21. The Hall–Kier alpha value is -2.82. The van der Waals surface area contributed by atoms with Gasteiger partial charge in [-0.3, -0.25) is 0 Å². The fourth-order valence-electron chi connectivity index (χ4n) is 1.90. The van der Waals surface area contributed by atoms with Gasteiger partial charge in [0.1, 0.15) is 11.4 Å². The van der Waals surface area contributed by atoms with Crippen molar-refractivity contribution < 1.29 is 15.0 Å². The normalized spacial score (nSPS) is 10.7. The predicted octanol–water partition coefficient (Wildman–Crippen LogP) is 2.41. The number of carbonyl (C=O) groups is 1. The van der Waals surface area contributed by atoms with Crippen molar-refractivity contribution in [2.24, 2.45) is 0 Å². The number of benzene rings is 1. The van der Waals surface area contributed by atoms with E-state index >= 15 is 0 Å². The lowest BCUT2D eigenvalue weighted by Gasteiger charge is -1.97. The maximum atomic E-state index is 10.8. The number of nitrogens with zero attached hydrogens (tertiary/aromatic N) is 2. The highest BCUT2D eigenvalue weighted by Gasteiger charge is 2.06. The average molecular weight is 254 g/mol. The molecule has 19 heavy (non-hydrogen) atoms. The SMILES string of the molecule is O=C(O)c1ccc(-c2cn3cc(O)ccc3n2)cc1. The zero-order chi connectivity index (χ0) is 13.4. The Kier molecular flexibility index (Phi) is 2.45. The second-order valence-corrected chi connectivity index (χ2v) is 4.16. The molecule has 2 heterocycles. The molecule has 0 bridgehead atoms. The van der Waals surface area contributed by atoms with Crippen molar-refractivity contribution >= 4 is 11.6 Å². The number of pyridine rings is 1. The number of rotatable bonds is 2. The first kappa shape index (κ1) is 11.3. The van der Waals surface area contributed by atoms with E-state index in [1.807, 2.05) is 0 Å². The quantitative estimate of drug-likeness (QED) is 0.736. The summed E-state index contributed by atoms with van der Waals surface area (Å²) in [6.07, 6.45) is 3.35. The van der Waals surface area contributed by atoms with E-state index in [0.29, 0.717) is 0 Å². The van der Waals surface area contributed by atoms with Crippen LogP contribution < -0.4 is 0 Å². The van der Waals surface area contributed by atoms with E-state index in [2.05, 4.69) is 4.98 Å². The minimum atomic E-state index is -0.952. The van der Waals surface area contributed by atoms with E-state index in [-0.39, 0.29) is 11.3 Å². The maximum absolute atomic E-state index is 10.8. The highest BCUT2D eigenvalue weighted by molar-refractivity contribution is 5.88. The number of aromatic nitrogens is 2. The van der Waals surface area contributed by atoms with Crippen molar-refractivity contribution in [3.8, 4) is 17.0 Å². The Morgan fingerprint density at radius 1 is 1.05 bits per heavy atom. The number of fused-ring (bicyclic) bond motifs is 1. The number of hydrogen-bond donors (Lipinski definition) is 2.